The summed E-state index contributed by atoms with van der Waals surface area (Å²) in [5.74, 6) is -0.534. The second-order valence-corrected chi connectivity index (χ2v) is 6.12. The van der Waals surface area contributed by atoms with E-state index in [0.717, 1.165) is 31.5 Å². The molecule has 1 aliphatic rings. The lowest BCUT2D eigenvalue weighted by molar-refractivity contribution is -0.124. The van der Waals surface area contributed by atoms with Crippen molar-refractivity contribution in [1.82, 2.24) is 10.8 Å². The molecule has 0 saturated carbocycles. The van der Waals surface area contributed by atoms with Gasteiger partial charge < -0.3 is 5.32 Å². The Labute approximate surface area is 147 Å². The van der Waals surface area contributed by atoms with Crippen LogP contribution in [0.2, 0.25) is 0 Å². The molecule has 0 radical (unpaired) electrons. The van der Waals surface area contributed by atoms with Gasteiger partial charge in [-0.15, -0.1) is 0 Å². The van der Waals surface area contributed by atoms with E-state index in [0.29, 0.717) is 0 Å². The van der Waals surface area contributed by atoms with Gasteiger partial charge in [0.15, 0.2) is 0 Å². The highest BCUT2D eigenvalue weighted by Crippen LogP contribution is 2.20. The van der Waals surface area contributed by atoms with Crippen LogP contribution in [0.3, 0.4) is 0 Å². The van der Waals surface area contributed by atoms with E-state index in [1.54, 1.807) is 11.6 Å². The summed E-state index contributed by atoms with van der Waals surface area (Å²) in [5.41, 5.74) is 7.82. The molecule has 128 valence electrons. The lowest BCUT2D eigenvalue weighted by atomic mass is 10.0. The van der Waals surface area contributed by atoms with E-state index < -0.39 is 5.91 Å². The molecule has 1 aliphatic carbocycles. The molecular weight excluding hydrogens is 312 g/mol. The first-order valence-corrected chi connectivity index (χ1v) is 8.45. The summed E-state index contributed by atoms with van der Waals surface area (Å²) in [5, 5.41) is 11.9. The lowest BCUT2D eigenvalue weighted by Crippen LogP contribution is -2.16. The molecule has 1 amide bonds. The van der Waals surface area contributed by atoms with Crippen LogP contribution in [0.5, 0.6) is 0 Å². The van der Waals surface area contributed by atoms with Gasteiger partial charge in [-0.05, 0) is 53.3 Å². The fourth-order valence-corrected chi connectivity index (χ4v) is 2.88. The molecule has 4 heteroatoms. The fourth-order valence-electron chi connectivity index (χ4n) is 2.88. The van der Waals surface area contributed by atoms with Crippen molar-refractivity contribution < 1.29 is 10.0 Å². The van der Waals surface area contributed by atoms with Gasteiger partial charge in [-0.25, -0.2) is 5.48 Å². The first-order chi connectivity index (χ1) is 12.2. The highest BCUT2D eigenvalue weighted by atomic mass is 16.5. The van der Waals surface area contributed by atoms with E-state index in [1.165, 1.54) is 28.3 Å². The molecule has 0 fully saturated rings. The van der Waals surface area contributed by atoms with Crippen LogP contribution in [-0.4, -0.2) is 17.7 Å². The van der Waals surface area contributed by atoms with Crippen LogP contribution >= 0.6 is 0 Å². The number of benzene rings is 2. The van der Waals surface area contributed by atoms with E-state index in [2.05, 4.69) is 35.7 Å². The zero-order valence-electron chi connectivity index (χ0n) is 14.0. The fraction of sp³-hybridized carbons (Fsp3) is 0.190. The van der Waals surface area contributed by atoms with E-state index >= 15 is 0 Å². The Morgan fingerprint density at radius 3 is 2.72 bits per heavy atom. The Balaban J connectivity index is 1.44. The highest BCUT2D eigenvalue weighted by Gasteiger charge is 2.05. The maximum absolute atomic E-state index is 10.9. The SMILES string of the molecule is O=C(/C=C/c1ccc(CNCCc2ccc3c(c2)C=CC3)cc1)NO. The van der Waals surface area contributed by atoms with Gasteiger partial charge in [0, 0.05) is 12.6 Å². The molecule has 0 saturated heterocycles. The molecule has 3 rings (SSSR count). The normalized spacial score (nSPS) is 12.5. The first kappa shape index (κ1) is 17.1. The minimum absolute atomic E-state index is 0.534. The third-order valence-electron chi connectivity index (χ3n) is 4.28. The monoisotopic (exact) mass is 334 g/mol. The quantitative estimate of drug-likeness (QED) is 0.316. The average molecular weight is 334 g/mol. The van der Waals surface area contributed by atoms with Gasteiger partial charge in [-0.1, -0.05) is 54.6 Å². The molecule has 0 atom stereocenters. The van der Waals surface area contributed by atoms with E-state index in [9.17, 15) is 4.79 Å². The number of hydrogen-bond acceptors (Lipinski definition) is 3. The second-order valence-electron chi connectivity index (χ2n) is 6.12. The molecule has 3 N–H and O–H groups in total. The number of amides is 1. The van der Waals surface area contributed by atoms with Crippen LogP contribution in [0, 0.1) is 0 Å². The van der Waals surface area contributed by atoms with Gasteiger partial charge in [0.2, 0.25) is 0 Å². The Kier molecular flexibility index (Phi) is 5.77. The number of carbonyl (C=O) groups is 1. The molecule has 0 spiro atoms. The summed E-state index contributed by atoms with van der Waals surface area (Å²) >= 11 is 0. The van der Waals surface area contributed by atoms with Gasteiger partial charge in [0.25, 0.3) is 5.91 Å². The Morgan fingerprint density at radius 1 is 1.12 bits per heavy atom. The Hall–Kier alpha value is -2.69. The van der Waals surface area contributed by atoms with Crippen LogP contribution in [0.1, 0.15) is 27.8 Å². The molecule has 2 aromatic carbocycles. The van der Waals surface area contributed by atoms with Crippen molar-refractivity contribution in [2.24, 2.45) is 0 Å². The van der Waals surface area contributed by atoms with Crippen molar-refractivity contribution in [3.8, 4) is 0 Å². The van der Waals surface area contributed by atoms with Crippen LogP contribution in [0.4, 0.5) is 0 Å². The molecule has 0 heterocycles. The van der Waals surface area contributed by atoms with Crippen molar-refractivity contribution in [3.05, 3.63) is 82.4 Å². The molecule has 2 aromatic rings. The number of allylic oxidation sites excluding steroid dienone is 1. The lowest BCUT2D eigenvalue weighted by Gasteiger charge is -2.07. The van der Waals surface area contributed by atoms with Crippen LogP contribution in [0.25, 0.3) is 12.2 Å². The summed E-state index contributed by atoms with van der Waals surface area (Å²) in [4.78, 5) is 10.9. The average Bonchev–Trinajstić information content (AvgIpc) is 3.12. The summed E-state index contributed by atoms with van der Waals surface area (Å²) in [6, 6.07) is 14.7. The maximum Gasteiger partial charge on any atom is 0.267 e. The number of hydrogen-bond donors (Lipinski definition) is 3. The minimum atomic E-state index is -0.534. The van der Waals surface area contributed by atoms with Crippen molar-refractivity contribution in [2.45, 2.75) is 19.4 Å². The summed E-state index contributed by atoms with van der Waals surface area (Å²) in [6.07, 6.45) is 9.43. The third kappa shape index (κ3) is 4.89. The highest BCUT2D eigenvalue weighted by molar-refractivity contribution is 5.90. The van der Waals surface area contributed by atoms with Crippen molar-refractivity contribution in [1.29, 1.82) is 0 Å². The standard InChI is InChI=1S/C21H22N2O2/c24-21(23-25)11-9-16-4-6-18(7-5-16)15-22-13-12-17-8-10-19-2-1-3-20(19)14-17/h1,3-11,14,22,25H,2,12-13,15H2,(H,23,24)/b11-9+. The smallest absolute Gasteiger partial charge is 0.267 e. The third-order valence-corrected chi connectivity index (χ3v) is 4.28. The Bertz CT molecular complexity index is 792. The molecule has 0 aromatic heterocycles. The number of hydroxylamine groups is 1. The van der Waals surface area contributed by atoms with Crippen LogP contribution in [0.15, 0.2) is 54.6 Å². The molecule has 0 bridgehead atoms. The minimum Gasteiger partial charge on any atom is -0.312 e. The molecule has 25 heavy (non-hydrogen) atoms. The number of nitrogens with one attached hydrogen (secondary N) is 2. The molecular formula is C21H22N2O2. The zero-order chi connectivity index (χ0) is 17.5. The Morgan fingerprint density at radius 2 is 1.92 bits per heavy atom. The first-order valence-electron chi connectivity index (χ1n) is 8.45. The summed E-state index contributed by atoms with van der Waals surface area (Å²) in [6.45, 7) is 1.74. The van der Waals surface area contributed by atoms with E-state index in [1.807, 2.05) is 24.3 Å². The predicted molar refractivity (Wildman–Crippen MR) is 100.0 cm³/mol. The predicted octanol–water partition coefficient (Wildman–Crippen LogP) is 3.11. The van der Waals surface area contributed by atoms with Crippen LogP contribution in [-0.2, 0) is 24.2 Å². The summed E-state index contributed by atoms with van der Waals surface area (Å²) < 4.78 is 0. The molecule has 0 unspecified atom stereocenters. The van der Waals surface area contributed by atoms with Gasteiger partial charge in [0.05, 0.1) is 0 Å². The van der Waals surface area contributed by atoms with Crippen molar-refractivity contribution >= 4 is 18.1 Å². The van der Waals surface area contributed by atoms with E-state index in [4.69, 9.17) is 5.21 Å². The number of fused-ring (bicyclic) bond motifs is 1. The zero-order valence-corrected chi connectivity index (χ0v) is 14.0. The maximum atomic E-state index is 10.9. The summed E-state index contributed by atoms with van der Waals surface area (Å²) in [7, 11) is 0. The van der Waals surface area contributed by atoms with Crippen molar-refractivity contribution in [3.63, 3.8) is 0 Å². The number of rotatable bonds is 7. The van der Waals surface area contributed by atoms with Gasteiger partial charge in [-0.3, -0.25) is 10.0 Å². The molecule has 0 aliphatic heterocycles. The molecule has 4 nitrogen and oxygen atoms in total. The van der Waals surface area contributed by atoms with Crippen molar-refractivity contribution in [2.75, 3.05) is 6.54 Å². The topological polar surface area (TPSA) is 61.4 Å². The largest absolute Gasteiger partial charge is 0.312 e. The van der Waals surface area contributed by atoms with Crippen LogP contribution < -0.4 is 10.8 Å². The van der Waals surface area contributed by atoms with Gasteiger partial charge in [-0.2, -0.15) is 0 Å². The van der Waals surface area contributed by atoms with Gasteiger partial charge >= 0.3 is 0 Å². The number of carbonyl (C=O) groups excluding carboxylic acids is 1. The van der Waals surface area contributed by atoms with Gasteiger partial charge in [0.1, 0.15) is 0 Å². The van der Waals surface area contributed by atoms with E-state index in [-0.39, 0.29) is 0 Å². The second kappa shape index (κ2) is 8.42.